The van der Waals surface area contributed by atoms with Crippen molar-refractivity contribution in [2.45, 2.75) is 43.7 Å². The van der Waals surface area contributed by atoms with Crippen LogP contribution >= 0.6 is 0 Å². The Bertz CT molecular complexity index is 1440. The maximum absolute atomic E-state index is 13.9. The third-order valence-corrected chi connectivity index (χ3v) is 8.12. The molecule has 0 saturated carbocycles. The van der Waals surface area contributed by atoms with Gasteiger partial charge < -0.3 is 4.74 Å². The highest BCUT2D eigenvalue weighted by atomic mass is 32.2. The lowest BCUT2D eigenvalue weighted by atomic mass is 9.82. The van der Waals surface area contributed by atoms with E-state index in [1.165, 1.54) is 16.4 Å². The Hall–Kier alpha value is -4.14. The summed E-state index contributed by atoms with van der Waals surface area (Å²) in [4.78, 5) is 13.6. The van der Waals surface area contributed by atoms with Gasteiger partial charge in [0.1, 0.15) is 12.4 Å². The van der Waals surface area contributed by atoms with Crippen LogP contribution in [0.3, 0.4) is 0 Å². The second-order valence-corrected chi connectivity index (χ2v) is 10.5. The van der Waals surface area contributed by atoms with Gasteiger partial charge in [0.05, 0.1) is 34.7 Å². The number of ketones is 1. The summed E-state index contributed by atoms with van der Waals surface area (Å²) in [7, 11) is -4.09. The number of sulfonamides is 1. The van der Waals surface area contributed by atoms with E-state index in [0.717, 1.165) is 11.1 Å². The maximum atomic E-state index is 13.9. The number of Topliss-reactive ketones (excluding diaryl/α,β-unsaturated/α-hetero) is 1. The van der Waals surface area contributed by atoms with Crippen LogP contribution in [0.1, 0.15) is 40.7 Å². The van der Waals surface area contributed by atoms with Gasteiger partial charge in [0.15, 0.2) is 5.78 Å². The maximum Gasteiger partial charge on any atom is 0.264 e. The molecule has 0 N–H and O–H groups in total. The van der Waals surface area contributed by atoms with Crippen LogP contribution in [-0.2, 0) is 16.6 Å². The number of hydrogen-bond acceptors (Lipinski definition) is 6. The predicted octanol–water partition coefficient (Wildman–Crippen LogP) is 5.17. The van der Waals surface area contributed by atoms with E-state index in [1.807, 2.05) is 49.4 Å². The molecule has 4 rings (SSSR count). The fraction of sp³-hybridized carbons (Fsp3) is 0.250. The molecule has 0 fully saturated rings. The zero-order valence-electron chi connectivity index (χ0n) is 19.8. The average Bonchev–Trinajstić information content (AvgIpc) is 2.89. The summed E-state index contributed by atoms with van der Waals surface area (Å²) >= 11 is 0. The first kappa shape index (κ1) is 25.0. The first-order valence-electron chi connectivity index (χ1n) is 11.6. The van der Waals surface area contributed by atoms with E-state index in [2.05, 4.69) is 0 Å². The van der Waals surface area contributed by atoms with Gasteiger partial charge in [0.2, 0.25) is 0 Å². The molecule has 1 aliphatic heterocycles. The second-order valence-electron chi connectivity index (χ2n) is 8.66. The summed E-state index contributed by atoms with van der Waals surface area (Å²) in [5.41, 5.74) is 2.27. The molecular formula is C28H25N3O4S. The molecule has 1 heterocycles. The third kappa shape index (κ3) is 4.95. The Morgan fingerprint density at radius 3 is 2.36 bits per heavy atom. The van der Waals surface area contributed by atoms with E-state index in [-0.39, 0.29) is 47.8 Å². The summed E-state index contributed by atoms with van der Waals surface area (Å²) in [5, 5.41) is 18.7. The first-order chi connectivity index (χ1) is 17.4. The van der Waals surface area contributed by atoms with Crippen LogP contribution in [0.5, 0.6) is 5.75 Å². The van der Waals surface area contributed by atoms with E-state index in [1.54, 1.807) is 30.3 Å². The summed E-state index contributed by atoms with van der Waals surface area (Å²) in [6, 6.07) is 24.0. The first-order valence-corrected chi connectivity index (χ1v) is 13.0. The highest BCUT2D eigenvalue weighted by Crippen LogP contribution is 2.42. The van der Waals surface area contributed by atoms with E-state index < -0.39 is 22.0 Å². The molecule has 3 aromatic carbocycles. The fourth-order valence-corrected chi connectivity index (χ4v) is 6.18. The van der Waals surface area contributed by atoms with Crippen molar-refractivity contribution in [3.63, 3.8) is 0 Å². The number of rotatable bonds is 8. The van der Waals surface area contributed by atoms with Gasteiger partial charge in [-0.15, -0.1) is 0 Å². The molecule has 0 radical (unpaired) electrons. The number of carbonyl (C=O) groups excluding carboxylic acids is 1. The molecule has 0 unspecified atom stereocenters. The minimum absolute atomic E-state index is 0.0490. The number of carbonyl (C=O) groups is 1. The van der Waals surface area contributed by atoms with E-state index in [9.17, 15) is 23.7 Å². The Morgan fingerprint density at radius 2 is 1.69 bits per heavy atom. The zero-order chi connectivity index (χ0) is 25.7. The number of anilines is 1. The highest BCUT2D eigenvalue weighted by molar-refractivity contribution is 7.92. The molecule has 0 spiro atoms. The van der Waals surface area contributed by atoms with Crippen molar-refractivity contribution in [2.24, 2.45) is 5.92 Å². The van der Waals surface area contributed by atoms with Gasteiger partial charge in [-0.2, -0.15) is 10.5 Å². The van der Waals surface area contributed by atoms with Crippen LogP contribution in [-0.4, -0.2) is 20.2 Å². The monoisotopic (exact) mass is 499 g/mol. The molecule has 0 bridgehead atoms. The van der Waals surface area contributed by atoms with Gasteiger partial charge in [0.25, 0.3) is 10.0 Å². The molecule has 7 nitrogen and oxygen atoms in total. The van der Waals surface area contributed by atoms with Crippen molar-refractivity contribution in [1.82, 2.24) is 0 Å². The number of nitrogens with zero attached hydrogens (tertiary/aromatic N) is 3. The molecule has 0 saturated heterocycles. The van der Waals surface area contributed by atoms with Gasteiger partial charge in [-0.1, -0.05) is 48.0 Å². The van der Waals surface area contributed by atoms with Crippen LogP contribution < -0.4 is 9.04 Å². The van der Waals surface area contributed by atoms with Crippen molar-refractivity contribution < 1.29 is 17.9 Å². The van der Waals surface area contributed by atoms with Crippen molar-refractivity contribution in [1.29, 1.82) is 10.5 Å². The van der Waals surface area contributed by atoms with Crippen LogP contribution in [0.4, 0.5) is 5.69 Å². The molecule has 0 aromatic heterocycles. The molecule has 8 heteroatoms. The van der Waals surface area contributed by atoms with Crippen LogP contribution in [0.15, 0.2) is 77.7 Å². The quantitative estimate of drug-likeness (QED) is 0.423. The Balaban J connectivity index is 1.81. The minimum atomic E-state index is -4.09. The molecule has 36 heavy (non-hydrogen) atoms. The molecule has 2 atom stereocenters. The fourth-order valence-electron chi connectivity index (χ4n) is 4.44. The number of ether oxygens (including phenoxy) is 1. The lowest BCUT2D eigenvalue weighted by Crippen LogP contribution is -2.51. The van der Waals surface area contributed by atoms with Crippen molar-refractivity contribution in [3.8, 4) is 17.9 Å². The van der Waals surface area contributed by atoms with E-state index in [4.69, 9.17) is 4.74 Å². The van der Waals surface area contributed by atoms with Crippen LogP contribution in [0, 0.1) is 35.5 Å². The molecule has 0 aliphatic carbocycles. The normalized spacial score (nSPS) is 17.1. The Kier molecular flexibility index (Phi) is 7.38. The summed E-state index contributed by atoms with van der Waals surface area (Å²) in [6.45, 7) is 2.15. The molecule has 182 valence electrons. The van der Waals surface area contributed by atoms with Gasteiger partial charge in [-0.05, 0) is 49.2 Å². The minimum Gasteiger partial charge on any atom is -0.489 e. The molecule has 0 amide bonds. The number of hydrogen-bond donors (Lipinski definition) is 0. The van der Waals surface area contributed by atoms with Crippen LogP contribution in [0.2, 0.25) is 0 Å². The van der Waals surface area contributed by atoms with Gasteiger partial charge >= 0.3 is 0 Å². The largest absolute Gasteiger partial charge is 0.489 e. The smallest absolute Gasteiger partial charge is 0.264 e. The van der Waals surface area contributed by atoms with Crippen molar-refractivity contribution in [3.05, 3.63) is 89.5 Å². The molecular weight excluding hydrogens is 474 g/mol. The standard InChI is InChI=1S/C28H25N3O4S/c1-20-9-12-23(13-10-20)36(33,34)31-26(8-5-16-29)24(15-17-30)28(32)25-18-22(11-14-27(25)31)35-19-21-6-3-2-4-7-21/h2-4,6-7,9-14,18,24,26H,5,8,15,19H2,1H3/t24-,26-/m0/s1. The summed E-state index contributed by atoms with van der Waals surface area (Å²) < 4.78 is 34.9. The average molecular weight is 500 g/mol. The van der Waals surface area contributed by atoms with Crippen molar-refractivity contribution >= 4 is 21.5 Å². The number of aryl methyl sites for hydroxylation is 1. The van der Waals surface area contributed by atoms with Crippen molar-refractivity contribution in [2.75, 3.05) is 4.31 Å². The third-order valence-electron chi connectivity index (χ3n) is 6.26. The Morgan fingerprint density at radius 1 is 0.972 bits per heavy atom. The van der Waals surface area contributed by atoms with E-state index >= 15 is 0 Å². The highest BCUT2D eigenvalue weighted by Gasteiger charge is 2.45. The van der Waals surface area contributed by atoms with Crippen LogP contribution in [0.25, 0.3) is 0 Å². The summed E-state index contributed by atoms with van der Waals surface area (Å²) in [5.74, 6) is -0.805. The lowest BCUT2D eigenvalue weighted by Gasteiger charge is -2.41. The number of nitriles is 2. The summed E-state index contributed by atoms with van der Waals surface area (Å²) in [6.07, 6.45) is 0.0160. The topological polar surface area (TPSA) is 111 Å². The zero-order valence-corrected chi connectivity index (χ0v) is 20.6. The second kappa shape index (κ2) is 10.6. The number of fused-ring (bicyclic) bond motifs is 1. The van der Waals surface area contributed by atoms with Gasteiger partial charge in [0, 0.05) is 18.4 Å². The van der Waals surface area contributed by atoms with Gasteiger partial charge in [-0.25, -0.2) is 8.42 Å². The lowest BCUT2D eigenvalue weighted by molar-refractivity contribution is 0.0893. The SMILES string of the molecule is Cc1ccc(S(=O)(=O)N2c3ccc(OCc4ccccc4)cc3C(=O)[C@@H](CC#N)[C@@H]2CCC#N)cc1. The number of benzene rings is 3. The van der Waals surface area contributed by atoms with E-state index in [0.29, 0.717) is 5.75 Å². The predicted molar refractivity (Wildman–Crippen MR) is 135 cm³/mol. The van der Waals surface area contributed by atoms with Gasteiger partial charge in [-0.3, -0.25) is 9.10 Å². The molecule has 3 aromatic rings. The molecule has 1 aliphatic rings. The Labute approximate surface area is 211 Å².